The lowest BCUT2D eigenvalue weighted by molar-refractivity contribution is -0.131. The number of H-pyrrole nitrogens is 1. The molecule has 9 heteroatoms. The predicted molar refractivity (Wildman–Crippen MR) is 122 cm³/mol. The number of carbonyl (C=O) groups excluding carboxylic acids is 1. The van der Waals surface area contributed by atoms with E-state index in [0.29, 0.717) is 25.0 Å². The standard InChI is InChI=1S/C23H25N3O5S/c1-25(21(28)10-14-5-6-20-18(9-14)24-23(31)32-20)19(13-26-8-7-17(27)12-26)15-3-2-4-16(11-15)22(29)30/h2-6,9,11,17,19,27H,7-8,10,12-13H2,1H3,(H,24,31)(H,29,30)/t17-,19-/m1/s1. The molecule has 2 atom stereocenters. The van der Waals surface area contributed by atoms with E-state index in [9.17, 15) is 24.6 Å². The number of aromatic amines is 1. The number of aliphatic hydroxyl groups excluding tert-OH is 1. The number of carboxylic acid groups (broad SMARTS) is 1. The number of amides is 1. The molecule has 2 heterocycles. The average molecular weight is 456 g/mol. The molecule has 0 aliphatic carbocycles. The molecule has 8 nitrogen and oxygen atoms in total. The number of nitrogens with zero attached hydrogens (tertiary/aromatic N) is 2. The normalized spacial score (nSPS) is 17.5. The van der Waals surface area contributed by atoms with Gasteiger partial charge in [-0.3, -0.25) is 14.5 Å². The number of likely N-dealkylation sites (N-methyl/N-ethyl adjacent to an activating group) is 1. The smallest absolute Gasteiger partial charge is 0.335 e. The highest BCUT2D eigenvalue weighted by Crippen LogP contribution is 2.25. The number of fused-ring (bicyclic) bond motifs is 1. The number of aliphatic hydroxyl groups is 1. The van der Waals surface area contributed by atoms with Crippen molar-refractivity contribution in [1.82, 2.24) is 14.8 Å². The van der Waals surface area contributed by atoms with Crippen molar-refractivity contribution in [2.45, 2.75) is 25.0 Å². The minimum absolute atomic E-state index is 0.118. The number of benzene rings is 2. The minimum Gasteiger partial charge on any atom is -0.478 e. The van der Waals surface area contributed by atoms with Gasteiger partial charge in [-0.2, -0.15) is 0 Å². The molecule has 0 saturated carbocycles. The quantitative estimate of drug-likeness (QED) is 0.503. The number of thiazole rings is 1. The first-order valence-electron chi connectivity index (χ1n) is 10.4. The van der Waals surface area contributed by atoms with Crippen molar-refractivity contribution in [2.24, 2.45) is 0 Å². The molecule has 2 aromatic carbocycles. The van der Waals surface area contributed by atoms with Gasteiger partial charge in [0.15, 0.2) is 0 Å². The summed E-state index contributed by atoms with van der Waals surface area (Å²) in [4.78, 5) is 42.6. The van der Waals surface area contributed by atoms with Crippen LogP contribution in [0.3, 0.4) is 0 Å². The molecule has 4 rings (SSSR count). The number of aromatic carboxylic acids is 1. The Morgan fingerprint density at radius 1 is 1.28 bits per heavy atom. The Bertz CT molecular complexity index is 1200. The maximum Gasteiger partial charge on any atom is 0.335 e. The van der Waals surface area contributed by atoms with E-state index in [1.165, 1.54) is 6.07 Å². The molecule has 0 spiro atoms. The molecule has 1 amide bonds. The molecule has 0 radical (unpaired) electrons. The van der Waals surface area contributed by atoms with Gasteiger partial charge in [-0.25, -0.2) is 4.79 Å². The Morgan fingerprint density at radius 3 is 2.81 bits per heavy atom. The molecule has 32 heavy (non-hydrogen) atoms. The van der Waals surface area contributed by atoms with Crippen molar-refractivity contribution >= 4 is 33.4 Å². The number of hydrogen-bond acceptors (Lipinski definition) is 6. The summed E-state index contributed by atoms with van der Waals surface area (Å²) >= 11 is 1.13. The number of aromatic nitrogens is 1. The van der Waals surface area contributed by atoms with Gasteiger partial charge in [0.2, 0.25) is 5.91 Å². The van der Waals surface area contributed by atoms with Crippen LogP contribution >= 0.6 is 11.3 Å². The van der Waals surface area contributed by atoms with Gasteiger partial charge in [-0.15, -0.1) is 0 Å². The average Bonchev–Trinajstić information content (AvgIpc) is 3.35. The predicted octanol–water partition coefficient (Wildman–Crippen LogP) is 2.10. The molecular formula is C23H25N3O5S. The third-order valence-corrected chi connectivity index (χ3v) is 6.76. The molecule has 3 N–H and O–H groups in total. The number of hydrogen-bond donors (Lipinski definition) is 3. The van der Waals surface area contributed by atoms with Crippen LogP contribution < -0.4 is 4.87 Å². The van der Waals surface area contributed by atoms with E-state index in [-0.39, 0.29) is 34.9 Å². The van der Waals surface area contributed by atoms with E-state index in [0.717, 1.165) is 33.7 Å². The molecule has 1 saturated heterocycles. The summed E-state index contributed by atoms with van der Waals surface area (Å²) < 4.78 is 0.843. The molecular weight excluding hydrogens is 430 g/mol. The van der Waals surface area contributed by atoms with Crippen LogP contribution in [0.2, 0.25) is 0 Å². The van der Waals surface area contributed by atoms with Crippen LogP contribution in [0.25, 0.3) is 10.2 Å². The Kier molecular flexibility index (Phi) is 6.40. The van der Waals surface area contributed by atoms with E-state index >= 15 is 0 Å². The molecule has 0 bridgehead atoms. The van der Waals surface area contributed by atoms with Crippen LogP contribution in [-0.2, 0) is 11.2 Å². The number of carboxylic acids is 1. The van der Waals surface area contributed by atoms with Gasteiger partial charge in [0.05, 0.1) is 34.3 Å². The summed E-state index contributed by atoms with van der Waals surface area (Å²) in [5, 5.41) is 19.3. The van der Waals surface area contributed by atoms with Crippen molar-refractivity contribution in [3.05, 3.63) is 68.8 Å². The van der Waals surface area contributed by atoms with Gasteiger partial charge in [-0.05, 0) is 41.8 Å². The lowest BCUT2D eigenvalue weighted by Crippen LogP contribution is -2.39. The lowest BCUT2D eigenvalue weighted by atomic mass is 10.0. The first kappa shape index (κ1) is 22.2. The maximum atomic E-state index is 13.2. The SMILES string of the molecule is CN(C(=O)Cc1ccc2sc(=O)[nH]c2c1)[C@H](CN1CC[C@@H](O)C1)c1cccc(C(=O)O)c1. The first-order chi connectivity index (χ1) is 15.3. The topological polar surface area (TPSA) is 114 Å². The van der Waals surface area contributed by atoms with Gasteiger partial charge in [0.1, 0.15) is 0 Å². The first-order valence-corrected chi connectivity index (χ1v) is 11.2. The molecule has 168 valence electrons. The van der Waals surface area contributed by atoms with Crippen molar-refractivity contribution in [2.75, 3.05) is 26.7 Å². The molecule has 1 aliphatic rings. The van der Waals surface area contributed by atoms with Gasteiger partial charge in [-0.1, -0.05) is 29.5 Å². The molecule has 0 unspecified atom stereocenters. The number of β-amino-alcohol motifs (C(OH)–C–C–N with tert-alkyl or cyclic N) is 1. The third kappa shape index (κ3) is 4.90. The van der Waals surface area contributed by atoms with E-state index < -0.39 is 5.97 Å². The summed E-state index contributed by atoms with van der Waals surface area (Å²) in [6.07, 6.45) is 0.446. The number of likely N-dealkylation sites (tertiary alicyclic amines) is 1. The van der Waals surface area contributed by atoms with Crippen LogP contribution in [0.4, 0.5) is 0 Å². The number of nitrogens with one attached hydrogen (secondary N) is 1. The number of rotatable bonds is 7. The largest absolute Gasteiger partial charge is 0.478 e. The van der Waals surface area contributed by atoms with Crippen molar-refractivity contribution in [1.29, 1.82) is 0 Å². The number of carbonyl (C=O) groups is 2. The Labute approximate surface area is 188 Å². The molecule has 1 aromatic heterocycles. The van der Waals surface area contributed by atoms with E-state index in [2.05, 4.69) is 9.88 Å². The summed E-state index contributed by atoms with van der Waals surface area (Å²) in [6, 6.07) is 11.8. The zero-order valence-corrected chi connectivity index (χ0v) is 18.5. The zero-order valence-electron chi connectivity index (χ0n) is 17.7. The highest BCUT2D eigenvalue weighted by atomic mass is 32.1. The summed E-state index contributed by atoms with van der Waals surface area (Å²) in [5.74, 6) is -1.14. The van der Waals surface area contributed by atoms with Gasteiger partial charge in [0.25, 0.3) is 0 Å². The summed E-state index contributed by atoms with van der Waals surface area (Å²) in [5.41, 5.74) is 2.41. The van der Waals surface area contributed by atoms with Crippen LogP contribution in [0.1, 0.15) is 33.9 Å². The highest BCUT2D eigenvalue weighted by molar-refractivity contribution is 7.16. The maximum absolute atomic E-state index is 13.2. The molecule has 1 fully saturated rings. The summed E-state index contributed by atoms with van der Waals surface area (Å²) in [6.45, 7) is 1.75. The fourth-order valence-electron chi connectivity index (χ4n) is 4.14. The summed E-state index contributed by atoms with van der Waals surface area (Å²) in [7, 11) is 1.72. The van der Waals surface area contributed by atoms with Crippen LogP contribution in [0, 0.1) is 0 Å². The molecule has 1 aliphatic heterocycles. The second-order valence-electron chi connectivity index (χ2n) is 8.17. The Balaban J connectivity index is 1.58. The van der Waals surface area contributed by atoms with E-state index in [1.54, 1.807) is 24.1 Å². The Morgan fingerprint density at radius 2 is 2.09 bits per heavy atom. The third-order valence-electron chi connectivity index (χ3n) is 5.90. The van der Waals surface area contributed by atoms with Crippen LogP contribution in [-0.4, -0.2) is 69.7 Å². The fourth-order valence-corrected chi connectivity index (χ4v) is 4.85. The monoisotopic (exact) mass is 455 g/mol. The second-order valence-corrected chi connectivity index (χ2v) is 9.19. The van der Waals surface area contributed by atoms with Crippen LogP contribution in [0.15, 0.2) is 47.3 Å². The van der Waals surface area contributed by atoms with Gasteiger partial charge >= 0.3 is 10.8 Å². The van der Waals surface area contributed by atoms with Crippen LogP contribution in [0.5, 0.6) is 0 Å². The van der Waals surface area contributed by atoms with Crippen molar-refractivity contribution in [3.8, 4) is 0 Å². The van der Waals surface area contributed by atoms with Crippen molar-refractivity contribution < 1.29 is 19.8 Å². The Hall–Kier alpha value is -3.01. The van der Waals surface area contributed by atoms with E-state index in [4.69, 9.17) is 0 Å². The second kappa shape index (κ2) is 9.23. The van der Waals surface area contributed by atoms with E-state index in [1.807, 2.05) is 24.3 Å². The fraction of sp³-hybridized carbons (Fsp3) is 0.348. The highest BCUT2D eigenvalue weighted by Gasteiger charge is 2.28. The molecule has 3 aromatic rings. The van der Waals surface area contributed by atoms with Crippen molar-refractivity contribution in [3.63, 3.8) is 0 Å². The lowest BCUT2D eigenvalue weighted by Gasteiger charge is -2.32. The van der Waals surface area contributed by atoms with Gasteiger partial charge in [0, 0.05) is 26.7 Å². The zero-order chi connectivity index (χ0) is 22.8. The minimum atomic E-state index is -1.02. The van der Waals surface area contributed by atoms with Gasteiger partial charge < -0.3 is 20.1 Å².